The summed E-state index contributed by atoms with van der Waals surface area (Å²) < 4.78 is 4.91. The molecular formula is C9H17N3O3. The lowest BCUT2D eigenvalue weighted by atomic mass is 10.2. The van der Waals surface area contributed by atoms with Crippen LogP contribution in [0.4, 0.5) is 4.79 Å². The van der Waals surface area contributed by atoms with Gasteiger partial charge in [-0.1, -0.05) is 0 Å². The van der Waals surface area contributed by atoms with Crippen LogP contribution in [0, 0.1) is 5.41 Å². The van der Waals surface area contributed by atoms with Crippen molar-refractivity contribution >= 4 is 17.8 Å². The van der Waals surface area contributed by atoms with Gasteiger partial charge in [-0.3, -0.25) is 10.2 Å². The summed E-state index contributed by atoms with van der Waals surface area (Å²) in [5.41, 5.74) is -0.585. The molecule has 0 bridgehead atoms. The average Bonchev–Trinajstić information content (AvgIpc) is 1.96. The van der Waals surface area contributed by atoms with Gasteiger partial charge in [-0.05, 0) is 27.7 Å². The molecule has 0 spiro atoms. The lowest BCUT2D eigenvalue weighted by molar-refractivity contribution is -0.118. The molecule has 0 aliphatic heterocycles. The third-order valence-corrected chi connectivity index (χ3v) is 1.12. The first-order chi connectivity index (χ1) is 6.70. The Labute approximate surface area is 88.9 Å². The van der Waals surface area contributed by atoms with Gasteiger partial charge in [-0.15, -0.1) is 0 Å². The van der Waals surface area contributed by atoms with Crippen molar-refractivity contribution in [3.05, 3.63) is 0 Å². The summed E-state index contributed by atoms with van der Waals surface area (Å²) >= 11 is 0. The Morgan fingerprint density at radius 2 is 1.87 bits per heavy atom. The van der Waals surface area contributed by atoms with Crippen LogP contribution in [-0.2, 0) is 9.53 Å². The molecule has 0 heterocycles. The summed E-state index contributed by atoms with van der Waals surface area (Å²) in [6.07, 6.45) is -0.653. The molecule has 0 rings (SSSR count). The molecule has 0 saturated carbocycles. The highest BCUT2D eigenvalue weighted by molar-refractivity contribution is 5.97. The van der Waals surface area contributed by atoms with E-state index in [4.69, 9.17) is 10.1 Å². The third kappa shape index (κ3) is 8.73. The Balaban J connectivity index is 3.82. The van der Waals surface area contributed by atoms with Crippen LogP contribution in [-0.4, -0.2) is 30.0 Å². The second-order valence-electron chi connectivity index (χ2n) is 4.03. The second-order valence-corrected chi connectivity index (χ2v) is 4.03. The normalized spacial score (nSPS) is 10.4. The van der Waals surface area contributed by atoms with Crippen LogP contribution >= 0.6 is 0 Å². The van der Waals surface area contributed by atoms with Gasteiger partial charge in [0.25, 0.3) is 0 Å². The van der Waals surface area contributed by atoms with E-state index in [0.29, 0.717) is 0 Å². The van der Waals surface area contributed by atoms with Crippen molar-refractivity contribution in [1.82, 2.24) is 10.6 Å². The Kier molecular flexibility index (Phi) is 4.77. The van der Waals surface area contributed by atoms with Gasteiger partial charge >= 0.3 is 6.09 Å². The Morgan fingerprint density at radius 3 is 2.27 bits per heavy atom. The molecule has 0 aliphatic carbocycles. The molecule has 0 saturated heterocycles. The largest absolute Gasteiger partial charge is 0.444 e. The summed E-state index contributed by atoms with van der Waals surface area (Å²) in [6, 6.07) is 0. The van der Waals surface area contributed by atoms with Crippen molar-refractivity contribution in [2.24, 2.45) is 0 Å². The quantitative estimate of drug-likeness (QED) is 0.466. The number of hydrogen-bond donors (Lipinski definition) is 3. The van der Waals surface area contributed by atoms with Crippen LogP contribution in [0.2, 0.25) is 0 Å². The van der Waals surface area contributed by atoms with Crippen molar-refractivity contribution in [2.45, 2.75) is 33.3 Å². The van der Waals surface area contributed by atoms with Crippen molar-refractivity contribution in [3.8, 4) is 0 Å². The first-order valence-corrected chi connectivity index (χ1v) is 4.52. The highest BCUT2D eigenvalue weighted by atomic mass is 16.6. The number of rotatable bonds is 2. The number of hydrogen-bond acceptors (Lipinski definition) is 4. The molecule has 15 heavy (non-hydrogen) atoms. The molecule has 0 aromatic heterocycles. The fourth-order valence-electron chi connectivity index (χ4n) is 0.720. The number of nitrogens with one attached hydrogen (secondary N) is 3. The van der Waals surface area contributed by atoms with E-state index in [1.165, 1.54) is 6.92 Å². The van der Waals surface area contributed by atoms with Crippen LogP contribution in [0.15, 0.2) is 0 Å². The fourth-order valence-corrected chi connectivity index (χ4v) is 0.720. The van der Waals surface area contributed by atoms with Gasteiger partial charge in [-0.2, -0.15) is 0 Å². The van der Waals surface area contributed by atoms with Crippen molar-refractivity contribution in [1.29, 1.82) is 5.41 Å². The first kappa shape index (κ1) is 13.4. The number of carbonyl (C=O) groups excluding carboxylic acids is 2. The molecular weight excluding hydrogens is 198 g/mol. The molecule has 0 radical (unpaired) electrons. The molecule has 3 N–H and O–H groups in total. The van der Waals surface area contributed by atoms with E-state index in [1.807, 2.05) is 0 Å². The van der Waals surface area contributed by atoms with Crippen molar-refractivity contribution in [3.63, 3.8) is 0 Å². The summed E-state index contributed by atoms with van der Waals surface area (Å²) in [5, 5.41) is 11.5. The van der Waals surface area contributed by atoms with Gasteiger partial charge in [0, 0.05) is 0 Å². The number of amidine groups is 1. The predicted molar refractivity (Wildman–Crippen MR) is 55.8 cm³/mol. The molecule has 0 unspecified atom stereocenters. The second kappa shape index (κ2) is 5.33. The van der Waals surface area contributed by atoms with Gasteiger partial charge in [0.1, 0.15) is 12.1 Å². The van der Waals surface area contributed by atoms with Crippen molar-refractivity contribution in [2.75, 3.05) is 6.54 Å². The molecule has 6 heteroatoms. The maximum absolute atomic E-state index is 11.1. The monoisotopic (exact) mass is 215 g/mol. The number of ether oxygens (including phenoxy) is 1. The third-order valence-electron chi connectivity index (χ3n) is 1.12. The smallest absolute Gasteiger partial charge is 0.408 e. The topological polar surface area (TPSA) is 91.3 Å². The zero-order valence-electron chi connectivity index (χ0n) is 9.43. The maximum Gasteiger partial charge on any atom is 0.408 e. The van der Waals surface area contributed by atoms with E-state index >= 15 is 0 Å². The van der Waals surface area contributed by atoms with E-state index in [2.05, 4.69) is 10.6 Å². The Hall–Kier alpha value is -1.59. The van der Waals surface area contributed by atoms with Crippen LogP contribution in [0.5, 0.6) is 0 Å². The lowest BCUT2D eigenvalue weighted by Gasteiger charge is -2.19. The minimum atomic E-state index is -0.653. The number of amides is 2. The highest BCUT2D eigenvalue weighted by Gasteiger charge is 2.16. The maximum atomic E-state index is 11.1. The molecule has 86 valence electrons. The van der Waals surface area contributed by atoms with E-state index in [9.17, 15) is 9.59 Å². The minimum Gasteiger partial charge on any atom is -0.444 e. The fraction of sp³-hybridized carbons (Fsp3) is 0.667. The lowest BCUT2D eigenvalue weighted by Crippen LogP contribution is -2.40. The predicted octanol–water partition coefficient (Wildman–Crippen LogP) is 0.624. The van der Waals surface area contributed by atoms with E-state index in [-0.39, 0.29) is 12.4 Å². The summed E-state index contributed by atoms with van der Waals surface area (Å²) in [5.74, 6) is -0.417. The summed E-state index contributed by atoms with van der Waals surface area (Å²) in [4.78, 5) is 22.1. The Morgan fingerprint density at radius 1 is 1.33 bits per heavy atom. The van der Waals surface area contributed by atoms with Gasteiger partial charge in [0.05, 0.1) is 5.84 Å². The van der Waals surface area contributed by atoms with Gasteiger partial charge in [0.2, 0.25) is 5.91 Å². The van der Waals surface area contributed by atoms with Gasteiger partial charge < -0.3 is 15.4 Å². The SMILES string of the molecule is CC(=N)NC(=O)CNC(=O)OC(C)(C)C. The summed E-state index contributed by atoms with van der Waals surface area (Å²) in [6.45, 7) is 6.42. The zero-order valence-corrected chi connectivity index (χ0v) is 9.43. The number of carbonyl (C=O) groups is 2. The molecule has 2 amide bonds. The molecule has 0 atom stereocenters. The van der Waals surface area contributed by atoms with Crippen LogP contribution in [0.25, 0.3) is 0 Å². The minimum absolute atomic E-state index is 0.0333. The van der Waals surface area contributed by atoms with Crippen LogP contribution < -0.4 is 10.6 Å². The summed E-state index contributed by atoms with van der Waals surface area (Å²) in [7, 11) is 0. The van der Waals surface area contributed by atoms with Gasteiger partial charge in [0.15, 0.2) is 0 Å². The van der Waals surface area contributed by atoms with E-state index in [0.717, 1.165) is 0 Å². The molecule has 0 aromatic carbocycles. The van der Waals surface area contributed by atoms with Gasteiger partial charge in [-0.25, -0.2) is 4.79 Å². The molecule has 0 aromatic rings. The molecule has 0 fully saturated rings. The zero-order chi connectivity index (χ0) is 12.1. The molecule has 6 nitrogen and oxygen atoms in total. The van der Waals surface area contributed by atoms with E-state index < -0.39 is 17.6 Å². The van der Waals surface area contributed by atoms with Crippen LogP contribution in [0.3, 0.4) is 0 Å². The first-order valence-electron chi connectivity index (χ1n) is 4.52. The molecule has 0 aliphatic rings. The standard InChI is InChI=1S/C9H17N3O3/c1-6(10)12-7(13)5-11-8(14)15-9(2,3)4/h5H2,1-4H3,(H,11,14)(H2,10,12,13). The Bertz CT molecular complexity index is 268. The van der Waals surface area contributed by atoms with Crippen LogP contribution in [0.1, 0.15) is 27.7 Å². The average molecular weight is 215 g/mol. The van der Waals surface area contributed by atoms with Crippen molar-refractivity contribution < 1.29 is 14.3 Å². The van der Waals surface area contributed by atoms with E-state index in [1.54, 1.807) is 20.8 Å². The number of alkyl carbamates (subject to hydrolysis) is 1. The highest BCUT2D eigenvalue weighted by Crippen LogP contribution is 2.05.